The molecule has 8 heteroatoms. The van der Waals surface area contributed by atoms with Crippen LogP contribution in [-0.4, -0.2) is 64.4 Å². The van der Waals surface area contributed by atoms with Crippen LogP contribution >= 0.6 is 23.5 Å². The number of rotatable bonds is 7. The summed E-state index contributed by atoms with van der Waals surface area (Å²) in [7, 11) is 0. The number of benzene rings is 1. The van der Waals surface area contributed by atoms with E-state index in [1.54, 1.807) is 24.4 Å². The summed E-state index contributed by atoms with van der Waals surface area (Å²) in [6.07, 6.45) is 4.18. The summed E-state index contributed by atoms with van der Waals surface area (Å²) < 4.78 is 13.8. The summed E-state index contributed by atoms with van der Waals surface area (Å²) in [4.78, 5) is 21.8. The highest BCUT2D eigenvalue weighted by Crippen LogP contribution is 2.39. The van der Waals surface area contributed by atoms with Crippen LogP contribution in [-0.2, 0) is 0 Å². The van der Waals surface area contributed by atoms with Crippen molar-refractivity contribution in [2.24, 2.45) is 5.92 Å². The summed E-state index contributed by atoms with van der Waals surface area (Å²) in [6, 6.07) is 11.7. The van der Waals surface area contributed by atoms with Crippen LogP contribution in [0.5, 0.6) is 0 Å². The molecule has 3 fully saturated rings. The van der Waals surface area contributed by atoms with Crippen LogP contribution in [0.1, 0.15) is 19.8 Å². The van der Waals surface area contributed by atoms with Gasteiger partial charge in [0.1, 0.15) is 5.82 Å². The average molecular weight is 475 g/mol. The van der Waals surface area contributed by atoms with Crippen LogP contribution in [0, 0.1) is 11.7 Å². The minimum Gasteiger partial charge on any atom is -0.367 e. The topological polar surface area (TPSA) is 42.6 Å². The lowest BCUT2D eigenvalue weighted by atomic mass is 10.1. The Morgan fingerprint density at radius 2 is 2.00 bits per heavy atom. The lowest BCUT2D eigenvalue weighted by molar-refractivity contribution is 0.319. The van der Waals surface area contributed by atoms with Gasteiger partial charge in [0.15, 0.2) is 0 Å². The molecule has 4 heterocycles. The Kier molecular flexibility index (Phi) is 6.71. The maximum Gasteiger partial charge on any atom is 0.249 e. The van der Waals surface area contributed by atoms with E-state index in [1.807, 2.05) is 30.0 Å². The van der Waals surface area contributed by atoms with Crippen LogP contribution in [0.4, 0.5) is 15.8 Å². The van der Waals surface area contributed by atoms with Crippen molar-refractivity contribution < 1.29 is 4.39 Å². The molecule has 1 aromatic carbocycles. The number of pyridine rings is 1. The van der Waals surface area contributed by atoms with Gasteiger partial charge in [-0.1, -0.05) is 0 Å². The van der Waals surface area contributed by atoms with Gasteiger partial charge >= 0.3 is 0 Å². The molecule has 3 saturated heterocycles. The highest BCUT2D eigenvalue weighted by Gasteiger charge is 2.41. The fourth-order valence-corrected chi connectivity index (χ4v) is 8.27. The maximum atomic E-state index is 13.3. The molecule has 3 aliphatic heterocycles. The largest absolute Gasteiger partial charge is 0.367 e. The number of hydrogen-bond donors (Lipinski definition) is 1. The van der Waals surface area contributed by atoms with Gasteiger partial charge in [-0.05, 0) is 68.3 Å². The van der Waals surface area contributed by atoms with Gasteiger partial charge in [0, 0.05) is 55.4 Å². The van der Waals surface area contributed by atoms with Crippen molar-refractivity contribution in [3.8, 4) is 0 Å². The van der Waals surface area contributed by atoms with Crippen LogP contribution in [0.2, 0.25) is 0 Å². The van der Waals surface area contributed by atoms with Crippen LogP contribution in [0.15, 0.2) is 47.4 Å². The molecular formula is C24H31FN4OS2. The number of aromatic nitrogens is 1. The number of fused-ring (bicyclic) bond motifs is 1. The van der Waals surface area contributed by atoms with E-state index in [-0.39, 0.29) is 11.4 Å². The van der Waals surface area contributed by atoms with Gasteiger partial charge in [0.05, 0.1) is 10.5 Å². The molecule has 0 aliphatic carbocycles. The van der Waals surface area contributed by atoms with Crippen LogP contribution in [0.3, 0.4) is 0 Å². The minimum absolute atomic E-state index is 0.0378. The first kappa shape index (κ1) is 22.2. The van der Waals surface area contributed by atoms with Gasteiger partial charge in [-0.25, -0.2) is 4.39 Å². The Labute approximate surface area is 197 Å². The maximum absolute atomic E-state index is 13.3. The highest BCUT2D eigenvalue weighted by atomic mass is 32.2. The van der Waals surface area contributed by atoms with E-state index >= 15 is 0 Å². The monoisotopic (exact) mass is 474 g/mol. The fourth-order valence-electron chi connectivity index (χ4n) is 5.34. The third kappa shape index (κ3) is 4.68. The third-order valence-corrected chi connectivity index (χ3v) is 10.2. The van der Waals surface area contributed by atoms with E-state index < -0.39 is 0 Å². The van der Waals surface area contributed by atoms with Crippen molar-refractivity contribution in [1.29, 1.82) is 0 Å². The van der Waals surface area contributed by atoms with Crippen molar-refractivity contribution in [1.82, 2.24) is 9.88 Å². The normalized spacial score (nSPS) is 27.9. The van der Waals surface area contributed by atoms with Gasteiger partial charge in [-0.3, -0.25) is 4.79 Å². The predicted octanol–water partition coefficient (Wildman–Crippen LogP) is 4.07. The molecule has 1 aromatic heterocycles. The van der Waals surface area contributed by atoms with E-state index in [9.17, 15) is 9.18 Å². The Morgan fingerprint density at radius 1 is 1.16 bits per heavy atom. The molecule has 32 heavy (non-hydrogen) atoms. The Morgan fingerprint density at radius 3 is 2.81 bits per heavy atom. The molecule has 1 N–H and O–H groups in total. The molecule has 0 bridgehead atoms. The SMILES string of the molecule is CC1C(SCCCN2CC3CCN(c4ccc(F)cc4)C3C2)SCN1c1cc[nH]c(=O)c1. The molecule has 2 aromatic rings. The molecule has 0 radical (unpaired) electrons. The summed E-state index contributed by atoms with van der Waals surface area (Å²) >= 11 is 4.05. The standard InChI is InChI=1S/C24H31FN4OS2/c1-17-24(32-16-29(17)21-7-9-26-23(30)13-21)31-12-2-10-27-14-18-8-11-28(22(18)15-27)20-5-3-19(25)4-6-20/h3-7,9,13,17-18,22,24H,2,8,10-12,14-16H2,1H3,(H,26,30). The number of nitrogens with zero attached hydrogens (tertiary/aromatic N) is 3. The van der Waals surface area contributed by atoms with Crippen molar-refractivity contribution >= 4 is 34.9 Å². The zero-order valence-electron chi connectivity index (χ0n) is 18.5. The number of H-pyrrole nitrogens is 1. The second-order valence-electron chi connectivity index (χ2n) is 9.06. The summed E-state index contributed by atoms with van der Waals surface area (Å²) in [5.41, 5.74) is 2.14. The quantitative estimate of drug-likeness (QED) is 0.610. The van der Waals surface area contributed by atoms with Crippen LogP contribution in [0.25, 0.3) is 0 Å². The van der Waals surface area contributed by atoms with Gasteiger partial charge in [0.2, 0.25) is 5.56 Å². The minimum atomic E-state index is -0.162. The molecule has 4 unspecified atom stereocenters. The van der Waals surface area contributed by atoms with E-state index in [0.717, 1.165) is 42.8 Å². The number of halogens is 1. The van der Waals surface area contributed by atoms with E-state index in [0.29, 0.717) is 16.7 Å². The van der Waals surface area contributed by atoms with Crippen LogP contribution < -0.4 is 15.4 Å². The molecule has 0 amide bonds. The Balaban J connectivity index is 1.06. The molecule has 0 spiro atoms. The summed E-state index contributed by atoms with van der Waals surface area (Å²) in [5.74, 6) is 2.68. The van der Waals surface area contributed by atoms with Crippen molar-refractivity contribution in [2.45, 2.75) is 36.4 Å². The lowest BCUT2D eigenvalue weighted by Crippen LogP contribution is -2.35. The van der Waals surface area contributed by atoms with E-state index in [1.165, 1.54) is 25.1 Å². The molecule has 4 atom stereocenters. The first-order chi connectivity index (χ1) is 15.6. The van der Waals surface area contributed by atoms with Gasteiger partial charge in [-0.2, -0.15) is 0 Å². The van der Waals surface area contributed by atoms with Crippen molar-refractivity contribution in [3.05, 3.63) is 58.8 Å². The number of likely N-dealkylation sites (tertiary alicyclic amines) is 1. The number of aromatic amines is 1. The molecule has 3 aliphatic rings. The van der Waals surface area contributed by atoms with Gasteiger partial charge in [-0.15, -0.1) is 23.5 Å². The lowest BCUT2D eigenvalue weighted by Gasteiger charge is -2.27. The smallest absolute Gasteiger partial charge is 0.249 e. The Hall–Kier alpha value is -1.64. The molecule has 172 valence electrons. The first-order valence-corrected chi connectivity index (χ1v) is 13.6. The van der Waals surface area contributed by atoms with E-state index in [4.69, 9.17) is 0 Å². The fraction of sp³-hybridized carbons (Fsp3) is 0.542. The number of thioether (sulfide) groups is 2. The molecule has 5 rings (SSSR count). The number of nitrogens with one attached hydrogen (secondary N) is 1. The van der Waals surface area contributed by atoms with Crippen molar-refractivity contribution in [2.75, 3.05) is 47.6 Å². The predicted molar refractivity (Wildman–Crippen MR) is 134 cm³/mol. The second-order valence-corrected chi connectivity index (χ2v) is 11.7. The second kappa shape index (κ2) is 9.69. The first-order valence-electron chi connectivity index (χ1n) is 11.5. The van der Waals surface area contributed by atoms with Crippen molar-refractivity contribution in [3.63, 3.8) is 0 Å². The average Bonchev–Trinajstić information content (AvgIpc) is 3.46. The third-order valence-electron chi connectivity index (χ3n) is 7.04. The zero-order chi connectivity index (χ0) is 22.1. The summed E-state index contributed by atoms with van der Waals surface area (Å²) in [5, 5.41) is 0. The number of anilines is 2. The molecule has 5 nitrogen and oxygen atoms in total. The van der Waals surface area contributed by atoms with Gasteiger partial charge < -0.3 is 19.7 Å². The molecular weight excluding hydrogens is 443 g/mol. The Bertz CT molecular complexity index is 971. The zero-order valence-corrected chi connectivity index (χ0v) is 20.1. The number of hydrogen-bond acceptors (Lipinski definition) is 6. The summed E-state index contributed by atoms with van der Waals surface area (Å²) in [6.45, 7) is 6.83. The van der Waals surface area contributed by atoms with E-state index in [2.05, 4.69) is 38.4 Å². The highest BCUT2D eigenvalue weighted by molar-refractivity contribution is 8.17. The molecule has 0 saturated carbocycles. The van der Waals surface area contributed by atoms with Gasteiger partial charge in [0.25, 0.3) is 0 Å².